The van der Waals surface area contributed by atoms with Gasteiger partial charge in [0, 0.05) is 31.6 Å². The number of carboxylic acids is 1. The quantitative estimate of drug-likeness (QED) is 0.284. The van der Waals surface area contributed by atoms with Crippen molar-refractivity contribution in [2.24, 2.45) is 0 Å². The van der Waals surface area contributed by atoms with Crippen LogP contribution in [0.1, 0.15) is 61.4 Å². The number of hydrogen-bond acceptors (Lipinski definition) is 6. The van der Waals surface area contributed by atoms with Crippen molar-refractivity contribution in [1.29, 1.82) is 0 Å². The van der Waals surface area contributed by atoms with Gasteiger partial charge in [0.25, 0.3) is 5.91 Å². The van der Waals surface area contributed by atoms with E-state index in [0.29, 0.717) is 57.4 Å². The fourth-order valence-corrected chi connectivity index (χ4v) is 2.91. The average Bonchev–Trinajstić information content (AvgIpc) is 2.79. The van der Waals surface area contributed by atoms with Gasteiger partial charge in [-0.25, -0.2) is 4.79 Å². The summed E-state index contributed by atoms with van der Waals surface area (Å²) in [6.45, 7) is 4.88. The highest BCUT2D eigenvalue weighted by molar-refractivity contribution is 5.94. The maximum atomic E-state index is 12.0. The smallest absolute Gasteiger partial charge is 0.326 e. The molecule has 0 aliphatic carbocycles. The summed E-state index contributed by atoms with van der Waals surface area (Å²) < 4.78 is 10.5. The molecule has 3 N–H and O–H groups in total. The van der Waals surface area contributed by atoms with Crippen LogP contribution in [0.25, 0.3) is 0 Å². The van der Waals surface area contributed by atoms with Crippen molar-refractivity contribution in [2.45, 2.75) is 58.4 Å². The maximum Gasteiger partial charge on any atom is 0.326 e. The van der Waals surface area contributed by atoms with Crippen molar-refractivity contribution in [3.8, 4) is 0 Å². The number of unbranched alkanes of at least 4 members (excludes halogenated alkanes) is 1. The molecule has 0 aliphatic heterocycles. The third-order valence-electron chi connectivity index (χ3n) is 4.90. The molecule has 9 heteroatoms. The number of ketones is 1. The van der Waals surface area contributed by atoms with Crippen LogP contribution in [0.2, 0.25) is 0 Å². The zero-order chi connectivity index (χ0) is 24.5. The molecule has 0 spiro atoms. The highest BCUT2D eigenvalue weighted by atomic mass is 16.5. The summed E-state index contributed by atoms with van der Waals surface area (Å²) in [6, 6.07) is 6.23. The van der Waals surface area contributed by atoms with Crippen LogP contribution in [0.3, 0.4) is 0 Å². The summed E-state index contributed by atoms with van der Waals surface area (Å²) >= 11 is 0. The van der Waals surface area contributed by atoms with Gasteiger partial charge in [0.05, 0.1) is 13.2 Å². The minimum Gasteiger partial charge on any atom is -0.480 e. The Bertz CT molecular complexity index is 750. The summed E-state index contributed by atoms with van der Waals surface area (Å²) in [5, 5.41) is 14.6. The SMILES string of the molecule is CCC(=O)CCCOCCOCC(=O)N[C@@H](CCCCNC(=O)c1ccc(C)cc1)C(=O)O. The Balaban J connectivity index is 2.13. The lowest BCUT2D eigenvalue weighted by Crippen LogP contribution is -2.42. The van der Waals surface area contributed by atoms with Gasteiger partial charge in [0.2, 0.25) is 5.91 Å². The van der Waals surface area contributed by atoms with E-state index in [2.05, 4.69) is 10.6 Å². The molecule has 1 aromatic rings. The lowest BCUT2D eigenvalue weighted by molar-refractivity contribution is -0.142. The summed E-state index contributed by atoms with van der Waals surface area (Å²) in [6.07, 6.45) is 3.05. The van der Waals surface area contributed by atoms with Gasteiger partial charge in [-0.15, -0.1) is 0 Å². The predicted octanol–water partition coefficient (Wildman–Crippen LogP) is 2.26. The third kappa shape index (κ3) is 13.4. The fourth-order valence-electron chi connectivity index (χ4n) is 2.91. The number of ether oxygens (including phenoxy) is 2. The van der Waals surface area contributed by atoms with E-state index in [0.717, 1.165) is 5.56 Å². The van der Waals surface area contributed by atoms with Crippen molar-refractivity contribution < 1.29 is 33.8 Å². The molecule has 1 rings (SSSR count). The molecular weight excluding hydrogens is 428 g/mol. The van der Waals surface area contributed by atoms with E-state index in [4.69, 9.17) is 9.47 Å². The molecule has 0 bridgehead atoms. The Hall–Kier alpha value is -2.78. The lowest BCUT2D eigenvalue weighted by atomic mass is 10.1. The first-order valence-electron chi connectivity index (χ1n) is 11.4. The van der Waals surface area contributed by atoms with E-state index in [9.17, 15) is 24.3 Å². The van der Waals surface area contributed by atoms with Crippen LogP contribution in [0, 0.1) is 6.92 Å². The zero-order valence-corrected chi connectivity index (χ0v) is 19.6. The molecule has 184 valence electrons. The predicted molar refractivity (Wildman–Crippen MR) is 123 cm³/mol. The normalized spacial score (nSPS) is 11.6. The molecule has 0 fully saturated rings. The number of rotatable bonds is 18. The minimum absolute atomic E-state index is 0.173. The van der Waals surface area contributed by atoms with Crippen molar-refractivity contribution in [3.05, 3.63) is 35.4 Å². The third-order valence-corrected chi connectivity index (χ3v) is 4.90. The molecule has 0 unspecified atom stereocenters. The molecule has 0 saturated heterocycles. The molecule has 1 atom stereocenters. The second kappa shape index (κ2) is 16.8. The van der Waals surface area contributed by atoms with Crippen LogP contribution in [-0.2, 0) is 23.9 Å². The van der Waals surface area contributed by atoms with Crippen molar-refractivity contribution >= 4 is 23.6 Å². The number of carbonyl (C=O) groups excluding carboxylic acids is 3. The largest absolute Gasteiger partial charge is 0.480 e. The highest BCUT2D eigenvalue weighted by Gasteiger charge is 2.19. The number of nitrogens with one attached hydrogen (secondary N) is 2. The molecule has 1 aromatic carbocycles. The van der Waals surface area contributed by atoms with Gasteiger partial charge in [-0.2, -0.15) is 0 Å². The van der Waals surface area contributed by atoms with Gasteiger partial charge in [0.15, 0.2) is 0 Å². The molecule has 9 nitrogen and oxygen atoms in total. The van der Waals surface area contributed by atoms with E-state index >= 15 is 0 Å². The lowest BCUT2D eigenvalue weighted by Gasteiger charge is -2.15. The molecule has 0 aliphatic rings. The fraction of sp³-hybridized carbons (Fsp3) is 0.583. The Morgan fingerprint density at radius 2 is 1.67 bits per heavy atom. The van der Waals surface area contributed by atoms with Crippen LogP contribution < -0.4 is 10.6 Å². The first-order chi connectivity index (χ1) is 15.8. The molecule has 0 saturated carbocycles. The zero-order valence-electron chi connectivity index (χ0n) is 19.6. The monoisotopic (exact) mass is 464 g/mol. The van der Waals surface area contributed by atoms with Crippen molar-refractivity contribution in [1.82, 2.24) is 10.6 Å². The van der Waals surface area contributed by atoms with Gasteiger partial charge in [-0.1, -0.05) is 24.6 Å². The second-order valence-electron chi connectivity index (χ2n) is 7.74. The number of benzene rings is 1. The number of Topliss-reactive ketones (excluding diaryl/α,β-unsaturated/α-hetero) is 1. The van der Waals surface area contributed by atoms with E-state index in [1.165, 1.54) is 0 Å². The summed E-state index contributed by atoms with van der Waals surface area (Å²) in [4.78, 5) is 46.5. The standard InChI is InChI=1S/C24H36N2O7/c1-3-20(27)7-6-14-32-15-16-33-17-22(28)26-21(24(30)31)8-4-5-13-25-23(29)19-11-9-18(2)10-12-19/h9-12,21H,3-8,13-17H2,1-2H3,(H,25,29)(H,26,28)(H,30,31)/t21-/m0/s1. The number of carboxylic acid groups (broad SMARTS) is 1. The van der Waals surface area contributed by atoms with Gasteiger partial charge in [-0.05, 0) is 44.7 Å². The molecule has 0 radical (unpaired) electrons. The number of carbonyl (C=O) groups is 4. The van der Waals surface area contributed by atoms with Gasteiger partial charge in [-0.3, -0.25) is 14.4 Å². The van der Waals surface area contributed by atoms with Gasteiger partial charge in [0.1, 0.15) is 18.4 Å². The number of aliphatic carboxylic acids is 1. The molecule has 2 amide bonds. The summed E-state index contributed by atoms with van der Waals surface area (Å²) in [7, 11) is 0. The second-order valence-corrected chi connectivity index (χ2v) is 7.74. The molecular formula is C24H36N2O7. The molecule has 33 heavy (non-hydrogen) atoms. The van der Waals surface area contributed by atoms with Gasteiger partial charge >= 0.3 is 5.97 Å². The van der Waals surface area contributed by atoms with E-state index in [-0.39, 0.29) is 31.3 Å². The van der Waals surface area contributed by atoms with E-state index < -0.39 is 17.9 Å². The Morgan fingerprint density at radius 3 is 2.33 bits per heavy atom. The van der Waals surface area contributed by atoms with Crippen LogP contribution in [-0.4, -0.2) is 67.7 Å². The first-order valence-corrected chi connectivity index (χ1v) is 11.4. The number of amides is 2. The van der Waals surface area contributed by atoms with Crippen LogP contribution >= 0.6 is 0 Å². The van der Waals surface area contributed by atoms with E-state index in [1.807, 2.05) is 26.0 Å². The topological polar surface area (TPSA) is 131 Å². The Labute approximate surface area is 195 Å². The average molecular weight is 465 g/mol. The Kier molecular flexibility index (Phi) is 14.4. The number of hydrogen-bond donors (Lipinski definition) is 3. The van der Waals surface area contributed by atoms with Crippen molar-refractivity contribution in [2.75, 3.05) is 33.0 Å². The summed E-state index contributed by atoms with van der Waals surface area (Å²) in [5.74, 6) is -1.60. The van der Waals surface area contributed by atoms with Crippen LogP contribution in [0.5, 0.6) is 0 Å². The van der Waals surface area contributed by atoms with E-state index in [1.54, 1.807) is 12.1 Å². The minimum atomic E-state index is -1.11. The van der Waals surface area contributed by atoms with Crippen LogP contribution in [0.15, 0.2) is 24.3 Å². The highest BCUT2D eigenvalue weighted by Crippen LogP contribution is 2.04. The Morgan fingerprint density at radius 1 is 0.970 bits per heavy atom. The van der Waals surface area contributed by atoms with Crippen LogP contribution in [0.4, 0.5) is 0 Å². The van der Waals surface area contributed by atoms with Gasteiger partial charge < -0.3 is 25.2 Å². The number of aryl methyl sites for hydroxylation is 1. The molecule has 0 aromatic heterocycles. The molecule has 0 heterocycles. The summed E-state index contributed by atoms with van der Waals surface area (Å²) in [5.41, 5.74) is 1.65. The van der Waals surface area contributed by atoms with Crippen molar-refractivity contribution in [3.63, 3.8) is 0 Å². The first kappa shape index (κ1) is 28.3. The maximum absolute atomic E-state index is 12.0.